The smallest absolute Gasteiger partial charge is 0.238 e. The molecule has 126 valence electrons. The zero-order chi connectivity index (χ0) is 17.1. The summed E-state index contributed by atoms with van der Waals surface area (Å²) in [5.41, 5.74) is 0.979. The Morgan fingerprint density at radius 3 is 2.88 bits per heavy atom. The number of rotatable bonds is 6. The standard InChI is InChI=1S/C17H20N4OS2/c1-4-11(2)21-15(9-10-18-21)20-16(22)12(3)23-17-19-13-7-5-6-8-14(13)24-17/h5-12H,4H2,1-3H3,(H,20,22)/t11-,12+/m1/s1. The number of aromatic nitrogens is 3. The van der Waals surface area contributed by atoms with Crippen LogP contribution in [-0.2, 0) is 4.79 Å². The number of para-hydroxylation sites is 1. The number of hydrogen-bond donors (Lipinski definition) is 1. The molecule has 3 rings (SSSR count). The fourth-order valence-corrected chi connectivity index (χ4v) is 4.48. The first-order valence-electron chi connectivity index (χ1n) is 7.95. The molecule has 0 bridgehead atoms. The van der Waals surface area contributed by atoms with E-state index in [1.165, 1.54) is 11.8 Å². The molecule has 1 aromatic carbocycles. The van der Waals surface area contributed by atoms with Crippen molar-refractivity contribution in [3.63, 3.8) is 0 Å². The fraction of sp³-hybridized carbons (Fsp3) is 0.353. The first-order valence-corrected chi connectivity index (χ1v) is 9.64. The molecular formula is C17H20N4OS2. The van der Waals surface area contributed by atoms with Crippen molar-refractivity contribution in [1.29, 1.82) is 0 Å². The van der Waals surface area contributed by atoms with Crippen LogP contribution in [0.5, 0.6) is 0 Å². The summed E-state index contributed by atoms with van der Waals surface area (Å²) < 4.78 is 3.91. The number of carbonyl (C=O) groups excluding carboxylic acids is 1. The van der Waals surface area contributed by atoms with Crippen molar-refractivity contribution >= 4 is 45.0 Å². The maximum atomic E-state index is 12.5. The molecule has 5 nitrogen and oxygen atoms in total. The molecule has 7 heteroatoms. The van der Waals surface area contributed by atoms with Crippen LogP contribution >= 0.6 is 23.1 Å². The second-order valence-electron chi connectivity index (χ2n) is 5.62. The Morgan fingerprint density at radius 1 is 1.33 bits per heavy atom. The maximum Gasteiger partial charge on any atom is 0.238 e. The zero-order valence-electron chi connectivity index (χ0n) is 13.9. The summed E-state index contributed by atoms with van der Waals surface area (Å²) in [6.07, 6.45) is 2.67. The number of nitrogens with zero attached hydrogens (tertiary/aromatic N) is 3. The number of thioether (sulfide) groups is 1. The number of benzene rings is 1. The van der Waals surface area contributed by atoms with Crippen LogP contribution in [0.3, 0.4) is 0 Å². The average Bonchev–Trinajstić information content (AvgIpc) is 3.19. The third-order valence-corrected chi connectivity index (χ3v) is 6.08. The lowest BCUT2D eigenvalue weighted by atomic mass is 10.3. The van der Waals surface area contributed by atoms with E-state index in [0.29, 0.717) is 0 Å². The summed E-state index contributed by atoms with van der Waals surface area (Å²) in [6, 6.07) is 10.1. The van der Waals surface area contributed by atoms with E-state index in [-0.39, 0.29) is 17.2 Å². The predicted molar refractivity (Wildman–Crippen MR) is 101 cm³/mol. The van der Waals surface area contributed by atoms with Crippen molar-refractivity contribution in [3.8, 4) is 0 Å². The van der Waals surface area contributed by atoms with Gasteiger partial charge in [-0.15, -0.1) is 11.3 Å². The third-order valence-electron chi connectivity index (χ3n) is 3.85. The predicted octanol–water partition coefficient (Wildman–Crippen LogP) is 4.58. The van der Waals surface area contributed by atoms with Gasteiger partial charge >= 0.3 is 0 Å². The molecule has 0 aliphatic rings. The van der Waals surface area contributed by atoms with Crippen LogP contribution in [0.1, 0.15) is 33.2 Å². The Balaban J connectivity index is 1.67. The van der Waals surface area contributed by atoms with Crippen molar-refractivity contribution in [2.24, 2.45) is 0 Å². The molecule has 0 radical (unpaired) electrons. The minimum atomic E-state index is -0.231. The third kappa shape index (κ3) is 3.62. The molecule has 0 spiro atoms. The zero-order valence-corrected chi connectivity index (χ0v) is 15.5. The monoisotopic (exact) mass is 360 g/mol. The van der Waals surface area contributed by atoms with E-state index in [0.717, 1.165) is 26.8 Å². The Bertz CT molecular complexity index is 809. The van der Waals surface area contributed by atoms with Crippen LogP contribution in [0, 0.1) is 0 Å². The van der Waals surface area contributed by atoms with Crippen molar-refractivity contribution in [2.45, 2.75) is 42.8 Å². The second kappa shape index (κ2) is 7.36. The van der Waals surface area contributed by atoms with Crippen molar-refractivity contribution < 1.29 is 4.79 Å². The van der Waals surface area contributed by atoms with Crippen LogP contribution in [0.15, 0.2) is 40.9 Å². The Hall–Kier alpha value is -1.86. The lowest BCUT2D eigenvalue weighted by Crippen LogP contribution is -2.24. The molecule has 0 aliphatic carbocycles. The maximum absolute atomic E-state index is 12.5. The van der Waals surface area contributed by atoms with Gasteiger partial charge in [0.2, 0.25) is 5.91 Å². The van der Waals surface area contributed by atoms with Gasteiger partial charge in [0.25, 0.3) is 0 Å². The van der Waals surface area contributed by atoms with Crippen LogP contribution < -0.4 is 5.32 Å². The van der Waals surface area contributed by atoms with Crippen molar-refractivity contribution in [2.75, 3.05) is 5.32 Å². The van der Waals surface area contributed by atoms with Crippen LogP contribution in [0.4, 0.5) is 5.82 Å². The number of fused-ring (bicyclic) bond motifs is 1. The van der Waals surface area contributed by atoms with E-state index < -0.39 is 0 Å². The van der Waals surface area contributed by atoms with E-state index in [2.05, 4.69) is 29.2 Å². The van der Waals surface area contributed by atoms with Crippen LogP contribution in [0.2, 0.25) is 0 Å². The van der Waals surface area contributed by atoms with Gasteiger partial charge < -0.3 is 5.32 Å². The van der Waals surface area contributed by atoms with E-state index in [1.807, 2.05) is 41.9 Å². The normalized spacial score (nSPS) is 13.8. The Labute approximate surface area is 149 Å². The van der Waals surface area contributed by atoms with E-state index in [1.54, 1.807) is 17.5 Å². The molecular weight excluding hydrogens is 340 g/mol. The molecule has 24 heavy (non-hydrogen) atoms. The number of nitrogens with one attached hydrogen (secondary N) is 1. The second-order valence-corrected chi connectivity index (χ2v) is 8.23. The molecule has 2 heterocycles. The highest BCUT2D eigenvalue weighted by Gasteiger charge is 2.19. The topological polar surface area (TPSA) is 59.8 Å². The molecule has 0 saturated heterocycles. The molecule has 2 aromatic heterocycles. The van der Waals surface area contributed by atoms with Gasteiger partial charge in [-0.1, -0.05) is 30.8 Å². The van der Waals surface area contributed by atoms with E-state index >= 15 is 0 Å². The number of anilines is 1. The number of carbonyl (C=O) groups is 1. The quantitative estimate of drug-likeness (QED) is 0.654. The lowest BCUT2D eigenvalue weighted by molar-refractivity contribution is -0.115. The Kier molecular flexibility index (Phi) is 5.20. The SMILES string of the molecule is CC[C@@H](C)n1nccc1NC(=O)[C@H](C)Sc1nc2ccccc2s1. The largest absolute Gasteiger partial charge is 0.310 e. The van der Waals surface area contributed by atoms with E-state index in [4.69, 9.17) is 0 Å². The molecule has 0 saturated carbocycles. The number of thiazole rings is 1. The van der Waals surface area contributed by atoms with Crippen molar-refractivity contribution in [1.82, 2.24) is 14.8 Å². The minimum Gasteiger partial charge on any atom is -0.310 e. The highest BCUT2D eigenvalue weighted by molar-refractivity contribution is 8.02. The first-order chi connectivity index (χ1) is 11.6. The molecule has 1 N–H and O–H groups in total. The van der Waals surface area contributed by atoms with Gasteiger partial charge in [-0.3, -0.25) is 4.79 Å². The highest BCUT2D eigenvalue weighted by atomic mass is 32.2. The summed E-state index contributed by atoms with van der Waals surface area (Å²) in [5.74, 6) is 0.704. The molecule has 0 unspecified atom stereocenters. The van der Waals surface area contributed by atoms with Gasteiger partial charge in [-0.05, 0) is 32.4 Å². The first kappa shape index (κ1) is 17.0. The molecule has 2 atom stereocenters. The molecule has 1 amide bonds. The number of amides is 1. The fourth-order valence-electron chi connectivity index (χ4n) is 2.27. The van der Waals surface area contributed by atoms with E-state index in [9.17, 15) is 4.79 Å². The van der Waals surface area contributed by atoms with Crippen LogP contribution in [-0.4, -0.2) is 25.9 Å². The van der Waals surface area contributed by atoms with Gasteiger partial charge in [-0.25, -0.2) is 9.67 Å². The molecule has 0 fully saturated rings. The van der Waals surface area contributed by atoms with Gasteiger partial charge in [-0.2, -0.15) is 5.10 Å². The Morgan fingerprint density at radius 2 is 2.12 bits per heavy atom. The van der Waals surface area contributed by atoms with Gasteiger partial charge in [0, 0.05) is 6.07 Å². The highest BCUT2D eigenvalue weighted by Crippen LogP contribution is 2.32. The summed E-state index contributed by atoms with van der Waals surface area (Å²) in [6.45, 7) is 6.08. The van der Waals surface area contributed by atoms with Gasteiger partial charge in [0.1, 0.15) is 5.82 Å². The molecule has 3 aromatic rings. The molecule has 0 aliphatic heterocycles. The summed E-state index contributed by atoms with van der Waals surface area (Å²) in [5, 5.41) is 7.04. The van der Waals surface area contributed by atoms with Gasteiger partial charge in [0.15, 0.2) is 4.34 Å². The van der Waals surface area contributed by atoms with Gasteiger partial charge in [0.05, 0.1) is 27.7 Å². The average molecular weight is 361 g/mol. The summed E-state index contributed by atoms with van der Waals surface area (Å²) >= 11 is 3.10. The van der Waals surface area contributed by atoms with Crippen molar-refractivity contribution in [3.05, 3.63) is 36.5 Å². The number of hydrogen-bond acceptors (Lipinski definition) is 5. The lowest BCUT2D eigenvalue weighted by Gasteiger charge is -2.15. The summed E-state index contributed by atoms with van der Waals surface area (Å²) in [7, 11) is 0. The summed E-state index contributed by atoms with van der Waals surface area (Å²) in [4.78, 5) is 17.1. The van der Waals surface area contributed by atoms with Crippen LogP contribution in [0.25, 0.3) is 10.2 Å². The minimum absolute atomic E-state index is 0.0377.